The van der Waals surface area contributed by atoms with Gasteiger partial charge in [-0.15, -0.1) is 0 Å². The summed E-state index contributed by atoms with van der Waals surface area (Å²) in [4.78, 5) is 3.23. The van der Waals surface area contributed by atoms with Crippen molar-refractivity contribution in [2.75, 3.05) is 0 Å². The number of nitrogens with one attached hydrogen (secondary N) is 1. The highest BCUT2D eigenvalue weighted by atomic mass is 32.1. The van der Waals surface area contributed by atoms with Crippen molar-refractivity contribution in [3.05, 3.63) is 40.0 Å². The van der Waals surface area contributed by atoms with Gasteiger partial charge in [-0.05, 0) is 31.0 Å². The molecule has 0 aliphatic rings. The van der Waals surface area contributed by atoms with Crippen molar-refractivity contribution in [3.63, 3.8) is 0 Å². The Morgan fingerprint density at radius 2 is 1.92 bits per heavy atom. The van der Waals surface area contributed by atoms with Crippen LogP contribution < -0.4 is 0 Å². The average molecular weight is 189 g/mol. The standard InChI is InChI=1S/C11H11NS/c1-7-3-4-9-10(13)5-6-12-11(9)8(7)2/h3-6H,1-2H3,(H,12,13). The molecule has 0 aliphatic carbocycles. The lowest BCUT2D eigenvalue weighted by Gasteiger charge is -2.04. The van der Waals surface area contributed by atoms with Gasteiger partial charge >= 0.3 is 0 Å². The van der Waals surface area contributed by atoms with Crippen LogP contribution in [0.4, 0.5) is 0 Å². The largest absolute Gasteiger partial charge is 0.361 e. The van der Waals surface area contributed by atoms with Crippen molar-refractivity contribution in [3.8, 4) is 0 Å². The van der Waals surface area contributed by atoms with E-state index in [0.29, 0.717) is 0 Å². The zero-order chi connectivity index (χ0) is 9.42. The second-order valence-corrected chi connectivity index (χ2v) is 3.71. The molecular formula is C11H11NS. The van der Waals surface area contributed by atoms with Gasteiger partial charge in [0.25, 0.3) is 0 Å². The van der Waals surface area contributed by atoms with E-state index in [2.05, 4.69) is 31.0 Å². The second kappa shape index (κ2) is 2.96. The summed E-state index contributed by atoms with van der Waals surface area (Å²) in [6.07, 6.45) is 1.90. The molecular weight excluding hydrogens is 178 g/mol. The Bertz CT molecular complexity index is 511. The summed E-state index contributed by atoms with van der Waals surface area (Å²) < 4.78 is 0.914. The van der Waals surface area contributed by atoms with Gasteiger partial charge in [-0.2, -0.15) is 0 Å². The molecule has 0 amide bonds. The predicted molar refractivity (Wildman–Crippen MR) is 58.6 cm³/mol. The number of aromatic nitrogens is 1. The number of pyridine rings is 1. The van der Waals surface area contributed by atoms with Crippen molar-refractivity contribution < 1.29 is 0 Å². The highest BCUT2D eigenvalue weighted by Gasteiger charge is 2.00. The van der Waals surface area contributed by atoms with Crippen LogP contribution in [0.5, 0.6) is 0 Å². The van der Waals surface area contributed by atoms with E-state index in [4.69, 9.17) is 12.2 Å². The summed E-state index contributed by atoms with van der Waals surface area (Å²) >= 11 is 5.24. The summed E-state index contributed by atoms with van der Waals surface area (Å²) in [7, 11) is 0. The van der Waals surface area contributed by atoms with Crippen LogP contribution in [0.15, 0.2) is 24.4 Å². The van der Waals surface area contributed by atoms with Gasteiger partial charge in [0.1, 0.15) is 0 Å². The first-order valence-electron chi connectivity index (χ1n) is 4.28. The monoisotopic (exact) mass is 189 g/mol. The Morgan fingerprint density at radius 3 is 2.69 bits per heavy atom. The molecule has 1 heterocycles. The highest BCUT2D eigenvalue weighted by molar-refractivity contribution is 7.71. The lowest BCUT2D eigenvalue weighted by atomic mass is 10.1. The lowest BCUT2D eigenvalue weighted by Crippen LogP contribution is -1.86. The van der Waals surface area contributed by atoms with Crippen molar-refractivity contribution in [2.24, 2.45) is 0 Å². The van der Waals surface area contributed by atoms with Gasteiger partial charge in [-0.1, -0.05) is 24.4 Å². The second-order valence-electron chi connectivity index (χ2n) is 3.27. The van der Waals surface area contributed by atoms with Gasteiger partial charge in [0, 0.05) is 21.6 Å². The highest BCUT2D eigenvalue weighted by Crippen LogP contribution is 2.19. The molecule has 66 valence electrons. The minimum Gasteiger partial charge on any atom is -0.361 e. The Balaban J connectivity index is 3.03. The quantitative estimate of drug-likeness (QED) is 0.627. The molecule has 0 bridgehead atoms. The first-order valence-corrected chi connectivity index (χ1v) is 4.68. The van der Waals surface area contributed by atoms with Crippen LogP contribution in [0.2, 0.25) is 0 Å². The number of hydrogen-bond acceptors (Lipinski definition) is 1. The third kappa shape index (κ3) is 1.27. The number of fused-ring (bicyclic) bond motifs is 1. The summed E-state index contributed by atoms with van der Waals surface area (Å²) in [5.41, 5.74) is 3.74. The van der Waals surface area contributed by atoms with E-state index >= 15 is 0 Å². The topological polar surface area (TPSA) is 15.8 Å². The average Bonchev–Trinajstić information content (AvgIpc) is 2.12. The summed E-state index contributed by atoms with van der Waals surface area (Å²) in [5.74, 6) is 0. The molecule has 13 heavy (non-hydrogen) atoms. The van der Waals surface area contributed by atoms with Crippen molar-refractivity contribution in [1.82, 2.24) is 4.98 Å². The van der Waals surface area contributed by atoms with E-state index < -0.39 is 0 Å². The van der Waals surface area contributed by atoms with Gasteiger partial charge in [0.2, 0.25) is 0 Å². The first-order chi connectivity index (χ1) is 6.20. The molecule has 1 nitrogen and oxygen atoms in total. The maximum absolute atomic E-state index is 5.24. The SMILES string of the molecule is Cc1ccc2c(=S)cc[nH]c2c1C. The zero-order valence-electron chi connectivity index (χ0n) is 7.72. The predicted octanol–water partition coefficient (Wildman–Crippen LogP) is 3.51. The molecule has 0 saturated heterocycles. The van der Waals surface area contributed by atoms with Gasteiger partial charge in [-0.3, -0.25) is 0 Å². The lowest BCUT2D eigenvalue weighted by molar-refractivity contribution is 1.31. The van der Waals surface area contributed by atoms with Gasteiger partial charge in [-0.25, -0.2) is 0 Å². The fourth-order valence-corrected chi connectivity index (χ4v) is 1.74. The minimum absolute atomic E-state index is 0.914. The Morgan fingerprint density at radius 1 is 1.15 bits per heavy atom. The fraction of sp³-hybridized carbons (Fsp3) is 0.182. The van der Waals surface area contributed by atoms with E-state index in [1.165, 1.54) is 11.1 Å². The van der Waals surface area contributed by atoms with E-state index in [1.807, 2.05) is 12.3 Å². The third-order valence-corrected chi connectivity index (χ3v) is 2.82. The van der Waals surface area contributed by atoms with Crippen LogP contribution in [0.3, 0.4) is 0 Å². The summed E-state index contributed by atoms with van der Waals surface area (Å²) in [6, 6.07) is 6.12. The van der Waals surface area contributed by atoms with E-state index in [1.54, 1.807) is 0 Å². The first kappa shape index (κ1) is 8.45. The Labute approximate surface area is 82.4 Å². The normalized spacial score (nSPS) is 10.6. The molecule has 2 heteroatoms. The number of aromatic amines is 1. The molecule has 1 N–H and O–H groups in total. The maximum Gasteiger partial charge on any atom is 0.0500 e. The smallest absolute Gasteiger partial charge is 0.0500 e. The summed E-state index contributed by atoms with van der Waals surface area (Å²) in [5, 5.41) is 1.14. The van der Waals surface area contributed by atoms with Crippen LogP contribution in [-0.4, -0.2) is 4.98 Å². The Hall–Kier alpha value is -1.15. The van der Waals surface area contributed by atoms with Crippen molar-refractivity contribution in [1.29, 1.82) is 0 Å². The molecule has 0 radical (unpaired) electrons. The zero-order valence-corrected chi connectivity index (χ0v) is 8.53. The molecule has 0 unspecified atom stereocenters. The van der Waals surface area contributed by atoms with Gasteiger partial charge in [0.05, 0.1) is 0 Å². The fourth-order valence-electron chi connectivity index (χ4n) is 1.50. The molecule has 0 fully saturated rings. The molecule has 2 rings (SSSR count). The van der Waals surface area contributed by atoms with Crippen LogP contribution in [0, 0.1) is 18.4 Å². The molecule has 2 aromatic rings. The number of rotatable bonds is 0. The maximum atomic E-state index is 5.24. The van der Waals surface area contributed by atoms with E-state index in [-0.39, 0.29) is 0 Å². The number of hydrogen-bond donors (Lipinski definition) is 1. The van der Waals surface area contributed by atoms with Crippen LogP contribution in [-0.2, 0) is 0 Å². The molecule has 1 aromatic carbocycles. The van der Waals surface area contributed by atoms with Crippen LogP contribution in [0.25, 0.3) is 10.9 Å². The van der Waals surface area contributed by atoms with Crippen LogP contribution in [0.1, 0.15) is 11.1 Å². The van der Waals surface area contributed by atoms with Gasteiger partial charge in [0.15, 0.2) is 0 Å². The van der Waals surface area contributed by atoms with E-state index in [0.717, 1.165) is 15.4 Å². The number of benzene rings is 1. The van der Waals surface area contributed by atoms with Gasteiger partial charge < -0.3 is 4.98 Å². The molecule has 0 saturated carbocycles. The third-order valence-electron chi connectivity index (χ3n) is 2.46. The molecule has 0 aliphatic heterocycles. The Kier molecular flexibility index (Phi) is 1.93. The minimum atomic E-state index is 0.914. The van der Waals surface area contributed by atoms with E-state index in [9.17, 15) is 0 Å². The van der Waals surface area contributed by atoms with Crippen LogP contribution >= 0.6 is 12.2 Å². The number of H-pyrrole nitrogens is 1. The molecule has 0 spiro atoms. The van der Waals surface area contributed by atoms with Crippen molar-refractivity contribution >= 4 is 23.1 Å². The van der Waals surface area contributed by atoms with Crippen molar-refractivity contribution in [2.45, 2.75) is 13.8 Å². The number of aryl methyl sites for hydroxylation is 2. The molecule has 1 aromatic heterocycles. The summed E-state index contributed by atoms with van der Waals surface area (Å²) in [6.45, 7) is 4.22. The molecule has 0 atom stereocenters.